The van der Waals surface area contributed by atoms with Crippen molar-refractivity contribution in [3.63, 3.8) is 0 Å². The summed E-state index contributed by atoms with van der Waals surface area (Å²) in [6.45, 7) is 8.70. The first-order chi connectivity index (χ1) is 9.69. The summed E-state index contributed by atoms with van der Waals surface area (Å²) < 4.78 is 5.52. The number of hydrogen-bond donors (Lipinski definition) is 0. The minimum Gasteiger partial charge on any atom is -0.381 e. The topological polar surface area (TPSA) is 25.4 Å². The summed E-state index contributed by atoms with van der Waals surface area (Å²) in [6.07, 6.45) is 7.05. The molecule has 0 saturated carbocycles. The number of piperidine rings is 1. The van der Waals surface area contributed by atoms with Crippen molar-refractivity contribution in [2.75, 3.05) is 31.2 Å². The molecule has 2 aliphatic heterocycles. The van der Waals surface area contributed by atoms with Gasteiger partial charge in [0.2, 0.25) is 0 Å². The first-order valence-electron chi connectivity index (χ1n) is 7.97. The molecule has 0 atom stereocenters. The zero-order valence-electron chi connectivity index (χ0n) is 12.8. The fourth-order valence-corrected chi connectivity index (χ4v) is 3.48. The van der Waals surface area contributed by atoms with Gasteiger partial charge in [-0.05, 0) is 54.7 Å². The van der Waals surface area contributed by atoms with Crippen molar-refractivity contribution >= 4 is 5.82 Å². The van der Waals surface area contributed by atoms with Crippen molar-refractivity contribution in [1.82, 2.24) is 4.98 Å². The van der Waals surface area contributed by atoms with E-state index in [1.54, 1.807) is 0 Å². The molecule has 110 valence electrons. The molecule has 0 radical (unpaired) electrons. The molecule has 0 unspecified atom stereocenters. The van der Waals surface area contributed by atoms with Gasteiger partial charge in [0.15, 0.2) is 0 Å². The highest BCUT2D eigenvalue weighted by molar-refractivity contribution is 5.42. The Bertz CT molecular complexity index is 442. The monoisotopic (exact) mass is 274 g/mol. The van der Waals surface area contributed by atoms with E-state index in [2.05, 4.69) is 35.9 Å². The molecule has 2 fully saturated rings. The van der Waals surface area contributed by atoms with E-state index in [1.165, 1.54) is 31.2 Å². The Morgan fingerprint density at radius 3 is 2.50 bits per heavy atom. The second-order valence-corrected chi connectivity index (χ2v) is 6.70. The molecule has 1 aromatic rings. The van der Waals surface area contributed by atoms with Crippen molar-refractivity contribution < 1.29 is 4.74 Å². The predicted octanol–water partition coefficient (Wildman–Crippen LogP) is 3.60. The fourth-order valence-electron chi connectivity index (χ4n) is 3.48. The summed E-state index contributed by atoms with van der Waals surface area (Å²) in [4.78, 5) is 7.05. The van der Waals surface area contributed by atoms with Gasteiger partial charge in [0.05, 0.1) is 0 Å². The molecule has 0 aliphatic carbocycles. The van der Waals surface area contributed by atoms with Gasteiger partial charge in [-0.3, -0.25) is 0 Å². The molecule has 2 saturated heterocycles. The Morgan fingerprint density at radius 1 is 1.15 bits per heavy atom. The highest BCUT2D eigenvalue weighted by Gasteiger charge is 2.36. The summed E-state index contributed by atoms with van der Waals surface area (Å²) in [7, 11) is 0. The molecule has 3 nitrogen and oxygen atoms in total. The molecule has 20 heavy (non-hydrogen) atoms. The molecule has 3 rings (SSSR count). The Hall–Kier alpha value is -1.09. The van der Waals surface area contributed by atoms with Crippen LogP contribution in [0.4, 0.5) is 5.82 Å². The number of nitrogens with zero attached hydrogens (tertiary/aromatic N) is 2. The minimum atomic E-state index is 0.560. The molecule has 3 heterocycles. The van der Waals surface area contributed by atoms with Crippen molar-refractivity contribution in [2.45, 2.75) is 45.4 Å². The van der Waals surface area contributed by atoms with Gasteiger partial charge in [-0.2, -0.15) is 0 Å². The molecular formula is C17H26N2O. The first kappa shape index (κ1) is 13.9. The Kier molecular flexibility index (Phi) is 3.97. The van der Waals surface area contributed by atoms with E-state index in [1.807, 2.05) is 6.20 Å². The van der Waals surface area contributed by atoms with Crippen LogP contribution in [0.1, 0.15) is 51.0 Å². The lowest BCUT2D eigenvalue weighted by Gasteiger charge is -2.44. The SMILES string of the molecule is CC(C)c1ccnc(N2CCC3(CCOCC3)CC2)c1. The van der Waals surface area contributed by atoms with Crippen LogP contribution in [-0.4, -0.2) is 31.3 Å². The van der Waals surface area contributed by atoms with Crippen LogP contribution in [0.15, 0.2) is 18.3 Å². The summed E-state index contributed by atoms with van der Waals surface area (Å²) >= 11 is 0. The van der Waals surface area contributed by atoms with E-state index in [9.17, 15) is 0 Å². The van der Waals surface area contributed by atoms with Crippen LogP contribution in [0.2, 0.25) is 0 Å². The third kappa shape index (κ3) is 2.83. The largest absolute Gasteiger partial charge is 0.381 e. The normalized spacial score (nSPS) is 22.4. The lowest BCUT2D eigenvalue weighted by Crippen LogP contribution is -2.43. The number of anilines is 1. The molecule has 1 spiro atoms. The molecule has 1 aromatic heterocycles. The highest BCUT2D eigenvalue weighted by Crippen LogP contribution is 2.41. The first-order valence-corrected chi connectivity index (χ1v) is 7.97. The molecular weight excluding hydrogens is 248 g/mol. The predicted molar refractivity (Wildman–Crippen MR) is 82.3 cm³/mol. The highest BCUT2D eigenvalue weighted by atomic mass is 16.5. The Morgan fingerprint density at radius 2 is 1.85 bits per heavy atom. The number of pyridine rings is 1. The molecule has 0 aromatic carbocycles. The van der Waals surface area contributed by atoms with Crippen LogP contribution >= 0.6 is 0 Å². The fraction of sp³-hybridized carbons (Fsp3) is 0.706. The minimum absolute atomic E-state index is 0.560. The van der Waals surface area contributed by atoms with Crippen molar-refractivity contribution in [2.24, 2.45) is 5.41 Å². The van der Waals surface area contributed by atoms with Gasteiger partial charge in [0.25, 0.3) is 0 Å². The second kappa shape index (κ2) is 5.72. The van der Waals surface area contributed by atoms with Crippen LogP contribution < -0.4 is 4.90 Å². The maximum atomic E-state index is 5.52. The Labute approximate surface area is 122 Å². The van der Waals surface area contributed by atoms with Gasteiger partial charge in [0, 0.05) is 32.5 Å². The third-order valence-electron chi connectivity index (χ3n) is 5.14. The summed E-state index contributed by atoms with van der Waals surface area (Å²) in [5, 5.41) is 0. The van der Waals surface area contributed by atoms with E-state index in [0.29, 0.717) is 11.3 Å². The van der Waals surface area contributed by atoms with Crippen molar-refractivity contribution in [1.29, 1.82) is 0 Å². The zero-order chi connectivity index (χ0) is 14.0. The molecule has 2 aliphatic rings. The smallest absolute Gasteiger partial charge is 0.128 e. The van der Waals surface area contributed by atoms with E-state index < -0.39 is 0 Å². The van der Waals surface area contributed by atoms with E-state index in [4.69, 9.17) is 4.74 Å². The van der Waals surface area contributed by atoms with E-state index in [-0.39, 0.29) is 0 Å². The van der Waals surface area contributed by atoms with Crippen LogP contribution in [0.5, 0.6) is 0 Å². The Balaban J connectivity index is 1.67. The average Bonchev–Trinajstić information content (AvgIpc) is 2.49. The van der Waals surface area contributed by atoms with Gasteiger partial charge >= 0.3 is 0 Å². The number of aromatic nitrogens is 1. The summed E-state index contributed by atoms with van der Waals surface area (Å²) in [5.74, 6) is 1.74. The third-order valence-corrected chi connectivity index (χ3v) is 5.14. The number of ether oxygens (including phenoxy) is 1. The van der Waals surface area contributed by atoms with Gasteiger partial charge in [0.1, 0.15) is 5.82 Å². The van der Waals surface area contributed by atoms with Crippen molar-refractivity contribution in [3.8, 4) is 0 Å². The maximum absolute atomic E-state index is 5.52. The second-order valence-electron chi connectivity index (χ2n) is 6.70. The van der Waals surface area contributed by atoms with Gasteiger partial charge in [-0.1, -0.05) is 13.8 Å². The summed E-state index contributed by atoms with van der Waals surface area (Å²) in [6, 6.07) is 4.41. The van der Waals surface area contributed by atoms with E-state index >= 15 is 0 Å². The van der Waals surface area contributed by atoms with E-state index in [0.717, 1.165) is 32.1 Å². The van der Waals surface area contributed by atoms with Crippen LogP contribution in [0, 0.1) is 5.41 Å². The quantitative estimate of drug-likeness (QED) is 0.824. The maximum Gasteiger partial charge on any atom is 0.128 e. The molecule has 3 heteroatoms. The van der Waals surface area contributed by atoms with Gasteiger partial charge < -0.3 is 9.64 Å². The van der Waals surface area contributed by atoms with Crippen LogP contribution in [-0.2, 0) is 4.74 Å². The summed E-state index contributed by atoms with van der Waals surface area (Å²) in [5.41, 5.74) is 1.95. The van der Waals surface area contributed by atoms with Gasteiger partial charge in [-0.25, -0.2) is 4.98 Å². The standard InChI is InChI=1S/C17H26N2O/c1-14(2)15-3-8-18-16(13-15)19-9-4-17(5-10-19)6-11-20-12-7-17/h3,8,13-14H,4-7,9-12H2,1-2H3. The lowest BCUT2D eigenvalue weighted by molar-refractivity contribution is 0.00206. The molecule has 0 bridgehead atoms. The molecule has 0 amide bonds. The average molecular weight is 274 g/mol. The number of hydrogen-bond acceptors (Lipinski definition) is 3. The zero-order valence-corrected chi connectivity index (χ0v) is 12.8. The number of rotatable bonds is 2. The lowest BCUT2D eigenvalue weighted by atomic mass is 9.72. The van der Waals surface area contributed by atoms with Crippen LogP contribution in [0.25, 0.3) is 0 Å². The van der Waals surface area contributed by atoms with Crippen LogP contribution in [0.3, 0.4) is 0 Å². The van der Waals surface area contributed by atoms with Gasteiger partial charge in [-0.15, -0.1) is 0 Å². The molecule has 0 N–H and O–H groups in total. The van der Waals surface area contributed by atoms with Crippen molar-refractivity contribution in [3.05, 3.63) is 23.9 Å².